The lowest BCUT2D eigenvalue weighted by atomic mass is 9.93. The van der Waals surface area contributed by atoms with Gasteiger partial charge in [0.05, 0.1) is 30.4 Å². The number of rotatable bonds is 6. The Morgan fingerprint density at radius 3 is 2.96 bits per heavy atom. The molecule has 1 N–H and O–H groups in total. The van der Waals surface area contributed by atoms with E-state index in [1.165, 1.54) is 12.4 Å². The van der Waals surface area contributed by atoms with E-state index in [9.17, 15) is 10.1 Å². The van der Waals surface area contributed by atoms with Crippen LogP contribution in [0.3, 0.4) is 0 Å². The lowest BCUT2D eigenvalue weighted by molar-refractivity contribution is -0.385. The van der Waals surface area contributed by atoms with E-state index >= 15 is 0 Å². The Balaban J connectivity index is 0.00000280. The summed E-state index contributed by atoms with van der Waals surface area (Å²) in [5, 5.41) is 18.1. The molecule has 28 heavy (non-hydrogen) atoms. The van der Waals surface area contributed by atoms with Crippen LogP contribution in [0.25, 0.3) is 0 Å². The van der Waals surface area contributed by atoms with Crippen LogP contribution in [0.4, 0.5) is 5.69 Å². The second kappa shape index (κ2) is 10.4. The smallest absolute Gasteiger partial charge is 0.306 e. The number of guanidine groups is 1. The van der Waals surface area contributed by atoms with Gasteiger partial charge in [0.1, 0.15) is 12.4 Å². The van der Waals surface area contributed by atoms with E-state index in [4.69, 9.17) is 4.99 Å². The molecule has 1 saturated heterocycles. The van der Waals surface area contributed by atoms with Gasteiger partial charge < -0.3 is 14.8 Å². The van der Waals surface area contributed by atoms with Gasteiger partial charge in [0.2, 0.25) is 0 Å². The van der Waals surface area contributed by atoms with Crippen molar-refractivity contribution >= 4 is 35.6 Å². The highest BCUT2D eigenvalue weighted by Crippen LogP contribution is 2.27. The minimum atomic E-state index is -0.442. The van der Waals surface area contributed by atoms with Gasteiger partial charge in [-0.05, 0) is 19.3 Å². The van der Waals surface area contributed by atoms with Gasteiger partial charge in [0, 0.05) is 32.0 Å². The number of aromatic nitrogens is 4. The number of piperidine rings is 1. The monoisotopic (exact) mass is 502 g/mol. The number of hydrogen-bond acceptors (Lipinski definition) is 5. The Kier molecular flexibility index (Phi) is 8.20. The van der Waals surface area contributed by atoms with Crippen molar-refractivity contribution in [3.63, 3.8) is 0 Å². The molecular formula is C17H27IN8O2. The van der Waals surface area contributed by atoms with E-state index in [1.807, 2.05) is 25.6 Å². The summed E-state index contributed by atoms with van der Waals surface area (Å²) in [5.41, 5.74) is -0.000853. The van der Waals surface area contributed by atoms with Crippen LogP contribution in [0.1, 0.15) is 26.3 Å². The lowest BCUT2D eigenvalue weighted by Crippen LogP contribution is -2.49. The van der Waals surface area contributed by atoms with Crippen molar-refractivity contribution in [2.75, 3.05) is 26.2 Å². The highest BCUT2D eigenvalue weighted by Gasteiger charge is 2.28. The van der Waals surface area contributed by atoms with Crippen LogP contribution in [-0.4, -0.2) is 61.3 Å². The molecule has 0 radical (unpaired) electrons. The first-order valence-electron chi connectivity index (χ1n) is 9.26. The molecular weight excluding hydrogens is 475 g/mol. The zero-order valence-corrected chi connectivity index (χ0v) is 18.5. The summed E-state index contributed by atoms with van der Waals surface area (Å²) >= 11 is 0. The SMILES string of the molecule is CCNC(=NCCn1cc([N+](=O)[O-])cn1)N1CCC(C)C(n2ccnc2)C1.I. The van der Waals surface area contributed by atoms with Gasteiger partial charge in [-0.1, -0.05) is 6.92 Å². The van der Waals surface area contributed by atoms with Crippen molar-refractivity contribution < 1.29 is 4.92 Å². The highest BCUT2D eigenvalue weighted by molar-refractivity contribution is 14.0. The minimum Gasteiger partial charge on any atom is -0.357 e. The maximum atomic E-state index is 10.7. The van der Waals surface area contributed by atoms with Gasteiger partial charge in [-0.15, -0.1) is 24.0 Å². The minimum absolute atomic E-state index is 0. The molecule has 2 aromatic rings. The maximum absolute atomic E-state index is 10.7. The fraction of sp³-hybridized carbons (Fsp3) is 0.588. The molecule has 0 saturated carbocycles. The number of likely N-dealkylation sites (tertiary alicyclic amines) is 1. The molecule has 11 heteroatoms. The van der Waals surface area contributed by atoms with E-state index in [2.05, 4.69) is 31.8 Å². The summed E-state index contributed by atoms with van der Waals surface area (Å²) in [6.45, 7) is 7.93. The molecule has 10 nitrogen and oxygen atoms in total. The third-order valence-electron chi connectivity index (χ3n) is 4.88. The Labute approximate surface area is 181 Å². The number of nitrogens with one attached hydrogen (secondary N) is 1. The molecule has 3 heterocycles. The molecule has 0 bridgehead atoms. The quantitative estimate of drug-likeness (QED) is 0.213. The third kappa shape index (κ3) is 5.42. The standard InChI is InChI=1S/C17H26N8O2.HI/c1-3-19-17(20-6-9-24-11-15(10-21-24)25(26)27)22-7-4-14(2)16(12-22)23-8-5-18-13-23;/h5,8,10-11,13-14,16H,3-4,6-7,9,12H2,1-2H3,(H,19,20);1H. The van der Waals surface area contributed by atoms with E-state index in [1.54, 1.807) is 4.68 Å². The second-order valence-corrected chi connectivity index (χ2v) is 6.74. The molecule has 2 aromatic heterocycles. The second-order valence-electron chi connectivity index (χ2n) is 6.74. The van der Waals surface area contributed by atoms with E-state index in [0.29, 0.717) is 25.0 Å². The molecule has 3 rings (SSSR count). The summed E-state index contributed by atoms with van der Waals surface area (Å²) in [6.07, 6.45) is 9.47. The summed E-state index contributed by atoms with van der Waals surface area (Å²) in [6, 6.07) is 0.360. The number of aliphatic imine (C=N–C) groups is 1. The molecule has 0 spiro atoms. The first kappa shape index (κ1) is 22.1. The van der Waals surface area contributed by atoms with Crippen LogP contribution in [0.2, 0.25) is 0 Å². The van der Waals surface area contributed by atoms with Crippen molar-refractivity contribution in [1.82, 2.24) is 29.5 Å². The first-order valence-corrected chi connectivity index (χ1v) is 9.26. The molecule has 2 unspecified atom stereocenters. The largest absolute Gasteiger partial charge is 0.357 e. The maximum Gasteiger partial charge on any atom is 0.306 e. The van der Waals surface area contributed by atoms with Crippen molar-refractivity contribution in [3.05, 3.63) is 41.2 Å². The highest BCUT2D eigenvalue weighted by atomic mass is 127. The van der Waals surface area contributed by atoms with Crippen LogP contribution in [-0.2, 0) is 6.54 Å². The van der Waals surface area contributed by atoms with Gasteiger partial charge in [0.25, 0.3) is 0 Å². The number of nitro groups is 1. The fourth-order valence-electron chi connectivity index (χ4n) is 3.35. The average Bonchev–Trinajstić information content (AvgIpc) is 3.33. The molecule has 0 aliphatic carbocycles. The average molecular weight is 502 g/mol. The van der Waals surface area contributed by atoms with Crippen LogP contribution >= 0.6 is 24.0 Å². The summed E-state index contributed by atoms with van der Waals surface area (Å²) in [4.78, 5) is 21.5. The predicted octanol–water partition coefficient (Wildman–Crippen LogP) is 2.15. The van der Waals surface area contributed by atoms with Gasteiger partial charge in [-0.2, -0.15) is 5.10 Å². The van der Waals surface area contributed by atoms with E-state index < -0.39 is 4.92 Å². The zero-order valence-electron chi connectivity index (χ0n) is 16.1. The number of imidazole rings is 1. The number of nitrogens with zero attached hydrogens (tertiary/aromatic N) is 7. The Morgan fingerprint density at radius 1 is 1.50 bits per heavy atom. The van der Waals surface area contributed by atoms with Gasteiger partial charge in [-0.25, -0.2) is 4.98 Å². The fourth-order valence-corrected chi connectivity index (χ4v) is 3.35. The summed E-state index contributed by atoms with van der Waals surface area (Å²) in [7, 11) is 0. The number of halogens is 1. The van der Waals surface area contributed by atoms with Crippen molar-refractivity contribution in [1.29, 1.82) is 0 Å². The molecule has 2 atom stereocenters. The van der Waals surface area contributed by atoms with Crippen molar-refractivity contribution in [3.8, 4) is 0 Å². The molecule has 0 amide bonds. The third-order valence-corrected chi connectivity index (χ3v) is 4.88. The molecule has 1 aliphatic rings. The van der Waals surface area contributed by atoms with Gasteiger partial charge in [-0.3, -0.25) is 19.8 Å². The Hall–Kier alpha value is -2.18. The van der Waals surface area contributed by atoms with Gasteiger partial charge >= 0.3 is 5.69 Å². The van der Waals surface area contributed by atoms with Gasteiger partial charge in [0.15, 0.2) is 5.96 Å². The molecule has 1 aliphatic heterocycles. The summed E-state index contributed by atoms with van der Waals surface area (Å²) in [5.74, 6) is 1.44. The van der Waals surface area contributed by atoms with Crippen molar-refractivity contribution in [2.24, 2.45) is 10.9 Å². The predicted molar refractivity (Wildman–Crippen MR) is 117 cm³/mol. The zero-order chi connectivity index (χ0) is 19.2. The summed E-state index contributed by atoms with van der Waals surface area (Å²) < 4.78 is 3.72. The topological polar surface area (TPSA) is 106 Å². The van der Waals surface area contributed by atoms with Crippen molar-refractivity contribution in [2.45, 2.75) is 32.9 Å². The Bertz CT molecular complexity index is 776. The van der Waals surface area contributed by atoms with E-state index in [0.717, 1.165) is 32.0 Å². The van der Waals surface area contributed by atoms with Crippen LogP contribution in [0, 0.1) is 16.0 Å². The lowest BCUT2D eigenvalue weighted by Gasteiger charge is -2.39. The molecule has 1 fully saturated rings. The molecule has 154 valence electrons. The number of hydrogen-bond donors (Lipinski definition) is 1. The first-order chi connectivity index (χ1) is 13.1. The molecule has 0 aromatic carbocycles. The Morgan fingerprint density at radius 2 is 2.32 bits per heavy atom. The van der Waals surface area contributed by atoms with Crippen LogP contribution < -0.4 is 5.32 Å². The van der Waals surface area contributed by atoms with Crippen LogP contribution in [0.15, 0.2) is 36.1 Å². The normalized spacial score (nSPS) is 19.9. The van der Waals surface area contributed by atoms with Crippen LogP contribution in [0.5, 0.6) is 0 Å². The van der Waals surface area contributed by atoms with E-state index in [-0.39, 0.29) is 29.7 Å².